The molecule has 0 aliphatic rings. The molecule has 24 heavy (non-hydrogen) atoms. The summed E-state index contributed by atoms with van der Waals surface area (Å²) in [6.45, 7) is 0.0304. The number of hydrogen-bond acceptors (Lipinski definition) is 6. The van der Waals surface area contributed by atoms with Crippen molar-refractivity contribution in [1.82, 2.24) is 0 Å². The molecule has 0 fully saturated rings. The van der Waals surface area contributed by atoms with Crippen molar-refractivity contribution in [3.05, 3.63) is 53.6 Å². The van der Waals surface area contributed by atoms with Gasteiger partial charge in [-0.2, -0.15) is 0 Å². The monoisotopic (exact) mass is 330 g/mol. The van der Waals surface area contributed by atoms with Crippen LogP contribution in [0.1, 0.15) is 27.1 Å². The average Bonchev–Trinajstić information content (AvgIpc) is 2.59. The fourth-order valence-electron chi connectivity index (χ4n) is 2.08. The maximum Gasteiger partial charge on any atom is 0.188 e. The zero-order valence-electron chi connectivity index (χ0n) is 13.4. The zero-order valence-corrected chi connectivity index (χ0v) is 13.4. The van der Waals surface area contributed by atoms with Crippen molar-refractivity contribution in [1.29, 1.82) is 0 Å². The predicted molar refractivity (Wildman–Crippen MR) is 86.9 cm³/mol. The summed E-state index contributed by atoms with van der Waals surface area (Å²) in [5, 5.41) is 9.94. The minimum Gasteiger partial charge on any atom is -0.507 e. The molecule has 2 aromatic carbocycles. The van der Waals surface area contributed by atoms with Gasteiger partial charge in [-0.3, -0.25) is 9.59 Å². The maximum absolute atomic E-state index is 12.2. The lowest BCUT2D eigenvalue weighted by Gasteiger charge is -2.08. The number of methoxy groups -OCH3 is 2. The van der Waals surface area contributed by atoms with Gasteiger partial charge >= 0.3 is 0 Å². The van der Waals surface area contributed by atoms with E-state index in [9.17, 15) is 14.7 Å². The molecule has 1 N–H and O–H groups in total. The molecule has 0 saturated carbocycles. The number of rotatable bonds is 8. The molecule has 0 spiro atoms. The van der Waals surface area contributed by atoms with Gasteiger partial charge in [0, 0.05) is 18.7 Å². The number of aromatic hydroxyl groups is 1. The first kappa shape index (κ1) is 17.5. The quantitative estimate of drug-likeness (QED) is 0.455. The number of ketones is 2. The molecule has 0 unspecified atom stereocenters. The Labute approximate surface area is 139 Å². The molecule has 0 atom stereocenters. The molecular weight excluding hydrogens is 312 g/mol. The molecule has 126 valence electrons. The van der Waals surface area contributed by atoms with E-state index in [4.69, 9.17) is 14.2 Å². The molecule has 0 aliphatic heterocycles. The second kappa shape index (κ2) is 8.12. The summed E-state index contributed by atoms with van der Waals surface area (Å²) in [6.07, 6.45) is -0.335. The van der Waals surface area contributed by atoms with Gasteiger partial charge in [0.05, 0.1) is 19.1 Å². The minimum atomic E-state index is -0.466. The standard InChI is InChI=1S/C18H18O6/c1-22-11-24-14-7-8-15(17(20)9-14)18(21)10-16(19)12-3-5-13(23-2)6-4-12/h3-9,20H,10-11H2,1-2H3. The van der Waals surface area contributed by atoms with E-state index in [1.807, 2.05) is 0 Å². The van der Waals surface area contributed by atoms with Crippen LogP contribution in [0.3, 0.4) is 0 Å². The van der Waals surface area contributed by atoms with Crippen molar-refractivity contribution < 1.29 is 28.9 Å². The summed E-state index contributed by atoms with van der Waals surface area (Å²) in [4.78, 5) is 24.4. The SMILES string of the molecule is COCOc1ccc(C(=O)CC(=O)c2ccc(OC)cc2)c(O)c1. The van der Waals surface area contributed by atoms with Crippen molar-refractivity contribution in [3.8, 4) is 17.2 Å². The molecule has 0 saturated heterocycles. The van der Waals surface area contributed by atoms with Crippen molar-refractivity contribution in [2.75, 3.05) is 21.0 Å². The van der Waals surface area contributed by atoms with E-state index >= 15 is 0 Å². The second-order valence-electron chi connectivity index (χ2n) is 4.98. The molecular formula is C18H18O6. The van der Waals surface area contributed by atoms with Crippen molar-refractivity contribution in [2.45, 2.75) is 6.42 Å². The summed E-state index contributed by atoms with van der Waals surface area (Å²) in [6, 6.07) is 10.7. The highest BCUT2D eigenvalue weighted by Gasteiger charge is 2.17. The van der Waals surface area contributed by atoms with Gasteiger partial charge < -0.3 is 19.3 Å². The van der Waals surface area contributed by atoms with Crippen molar-refractivity contribution in [3.63, 3.8) is 0 Å². The summed E-state index contributed by atoms with van der Waals surface area (Å²) >= 11 is 0. The number of carbonyl (C=O) groups excluding carboxylic acids is 2. The molecule has 6 nitrogen and oxygen atoms in total. The van der Waals surface area contributed by atoms with Gasteiger partial charge in [0.1, 0.15) is 17.2 Å². The molecule has 0 bridgehead atoms. The molecule has 0 aromatic heterocycles. The number of phenols is 1. The summed E-state index contributed by atoms with van der Waals surface area (Å²) in [5.41, 5.74) is 0.477. The van der Waals surface area contributed by atoms with E-state index < -0.39 is 5.78 Å². The Kier molecular flexibility index (Phi) is 5.92. The second-order valence-corrected chi connectivity index (χ2v) is 4.98. The normalized spacial score (nSPS) is 10.2. The van der Waals surface area contributed by atoms with Crippen LogP contribution < -0.4 is 9.47 Å². The summed E-state index contributed by atoms with van der Waals surface area (Å²) in [7, 11) is 3.01. The number of hydrogen-bond donors (Lipinski definition) is 1. The Balaban J connectivity index is 2.06. The average molecular weight is 330 g/mol. The van der Waals surface area contributed by atoms with Gasteiger partial charge in [-0.15, -0.1) is 0 Å². The van der Waals surface area contributed by atoms with Crippen LogP contribution in [0.25, 0.3) is 0 Å². The molecule has 0 heterocycles. The van der Waals surface area contributed by atoms with Crippen LogP contribution in [0.4, 0.5) is 0 Å². The van der Waals surface area contributed by atoms with E-state index in [2.05, 4.69) is 0 Å². The van der Waals surface area contributed by atoms with Crippen LogP contribution in [0.15, 0.2) is 42.5 Å². The van der Waals surface area contributed by atoms with E-state index in [1.165, 1.54) is 32.4 Å². The third-order valence-electron chi connectivity index (χ3n) is 3.35. The van der Waals surface area contributed by atoms with Crippen LogP contribution in [0.2, 0.25) is 0 Å². The first-order valence-corrected chi connectivity index (χ1v) is 7.20. The Hall–Kier alpha value is -2.86. The van der Waals surface area contributed by atoms with Crippen LogP contribution >= 0.6 is 0 Å². The summed E-state index contributed by atoms with van der Waals surface area (Å²) in [5.74, 6) is -0.0425. The fraction of sp³-hybridized carbons (Fsp3) is 0.222. The minimum absolute atomic E-state index is 0.0304. The largest absolute Gasteiger partial charge is 0.507 e. The van der Waals surface area contributed by atoms with Crippen LogP contribution in [-0.2, 0) is 4.74 Å². The zero-order chi connectivity index (χ0) is 17.5. The Morgan fingerprint density at radius 3 is 2.21 bits per heavy atom. The predicted octanol–water partition coefficient (Wildman–Crippen LogP) is 2.84. The lowest BCUT2D eigenvalue weighted by Crippen LogP contribution is -2.09. The van der Waals surface area contributed by atoms with Gasteiger partial charge in [0.15, 0.2) is 18.4 Å². The lowest BCUT2D eigenvalue weighted by atomic mass is 10.0. The van der Waals surface area contributed by atoms with Gasteiger partial charge in [0.2, 0.25) is 0 Å². The number of benzene rings is 2. The molecule has 6 heteroatoms. The van der Waals surface area contributed by atoms with E-state index in [1.54, 1.807) is 24.3 Å². The molecule has 0 aliphatic carbocycles. The fourth-order valence-corrected chi connectivity index (χ4v) is 2.08. The smallest absolute Gasteiger partial charge is 0.188 e. The number of Topliss-reactive ketones (excluding diaryl/α,β-unsaturated/α-hetero) is 2. The van der Waals surface area contributed by atoms with Crippen molar-refractivity contribution >= 4 is 11.6 Å². The number of carbonyl (C=O) groups is 2. The van der Waals surface area contributed by atoms with Gasteiger partial charge in [-0.1, -0.05) is 0 Å². The van der Waals surface area contributed by atoms with Crippen LogP contribution in [0, 0.1) is 0 Å². The third kappa shape index (κ3) is 4.33. The first-order valence-electron chi connectivity index (χ1n) is 7.20. The lowest BCUT2D eigenvalue weighted by molar-refractivity contribution is 0.0510. The van der Waals surface area contributed by atoms with E-state index in [-0.39, 0.29) is 30.3 Å². The topological polar surface area (TPSA) is 82.1 Å². The Morgan fingerprint density at radius 1 is 0.958 bits per heavy atom. The molecule has 2 aromatic rings. The number of phenolic OH excluding ortho intramolecular Hbond substituents is 1. The number of ether oxygens (including phenoxy) is 3. The van der Waals surface area contributed by atoms with Crippen LogP contribution in [-0.4, -0.2) is 37.7 Å². The van der Waals surface area contributed by atoms with Crippen molar-refractivity contribution in [2.24, 2.45) is 0 Å². The summed E-state index contributed by atoms with van der Waals surface area (Å²) < 4.78 is 14.9. The van der Waals surface area contributed by atoms with Crippen LogP contribution in [0.5, 0.6) is 17.2 Å². The Bertz CT molecular complexity index is 721. The highest BCUT2D eigenvalue weighted by molar-refractivity contribution is 6.14. The molecule has 0 radical (unpaired) electrons. The van der Waals surface area contributed by atoms with E-state index in [0.717, 1.165) is 0 Å². The molecule has 2 rings (SSSR count). The highest BCUT2D eigenvalue weighted by atomic mass is 16.7. The van der Waals surface area contributed by atoms with E-state index in [0.29, 0.717) is 17.1 Å². The van der Waals surface area contributed by atoms with Gasteiger partial charge in [-0.25, -0.2) is 0 Å². The van der Waals surface area contributed by atoms with Gasteiger partial charge in [0.25, 0.3) is 0 Å². The molecule has 0 amide bonds. The Morgan fingerprint density at radius 2 is 1.62 bits per heavy atom. The highest BCUT2D eigenvalue weighted by Crippen LogP contribution is 2.25. The van der Waals surface area contributed by atoms with Gasteiger partial charge in [-0.05, 0) is 36.4 Å². The maximum atomic E-state index is 12.2. The first-order chi connectivity index (χ1) is 11.5. The third-order valence-corrected chi connectivity index (χ3v) is 3.35.